The number of benzene rings is 2. The van der Waals surface area contributed by atoms with E-state index < -0.39 is 0 Å². The van der Waals surface area contributed by atoms with Crippen LogP contribution in [-0.2, 0) is 22.4 Å². The van der Waals surface area contributed by atoms with Crippen LogP contribution in [0, 0.1) is 5.92 Å². The van der Waals surface area contributed by atoms with Crippen molar-refractivity contribution in [3.63, 3.8) is 0 Å². The predicted molar refractivity (Wildman–Crippen MR) is 76.5 cm³/mol. The molecule has 0 fully saturated rings. The highest BCUT2D eigenvalue weighted by Crippen LogP contribution is 2.32. The molecule has 0 heterocycles. The number of rotatable bonds is 2. The minimum absolute atomic E-state index is 0.0509. The average Bonchev–Trinajstić information content (AvgIpc) is 2.90. The van der Waals surface area contributed by atoms with Gasteiger partial charge in [-0.2, -0.15) is 0 Å². The fourth-order valence-corrected chi connectivity index (χ4v) is 2.78. The van der Waals surface area contributed by atoms with Gasteiger partial charge in [-0.05, 0) is 47.2 Å². The SMILES string of the molecule is COC(=O)C1Cc2ccc(-c3ccc(O)cc3)cc2C1. The number of phenolic OH excluding ortho intramolecular Hbond substituents is 1. The number of esters is 1. The maximum atomic E-state index is 11.6. The lowest BCUT2D eigenvalue weighted by Crippen LogP contribution is -2.15. The van der Waals surface area contributed by atoms with Crippen LogP contribution in [0.3, 0.4) is 0 Å². The van der Waals surface area contributed by atoms with E-state index in [0.717, 1.165) is 24.0 Å². The highest BCUT2D eigenvalue weighted by molar-refractivity contribution is 5.75. The van der Waals surface area contributed by atoms with Crippen LogP contribution in [0.25, 0.3) is 11.1 Å². The fraction of sp³-hybridized carbons (Fsp3) is 0.235. The smallest absolute Gasteiger partial charge is 0.309 e. The zero-order valence-corrected chi connectivity index (χ0v) is 11.3. The Morgan fingerprint density at radius 2 is 1.70 bits per heavy atom. The number of aromatic hydroxyl groups is 1. The molecule has 3 heteroatoms. The van der Waals surface area contributed by atoms with Gasteiger partial charge >= 0.3 is 5.97 Å². The number of hydrogen-bond donors (Lipinski definition) is 1. The molecule has 3 rings (SSSR count). The van der Waals surface area contributed by atoms with Gasteiger partial charge in [0.15, 0.2) is 0 Å². The molecule has 0 radical (unpaired) electrons. The molecular formula is C17H16O3. The van der Waals surface area contributed by atoms with Gasteiger partial charge in [0, 0.05) is 0 Å². The van der Waals surface area contributed by atoms with E-state index in [9.17, 15) is 9.90 Å². The summed E-state index contributed by atoms with van der Waals surface area (Å²) < 4.78 is 4.83. The van der Waals surface area contributed by atoms with E-state index in [1.165, 1.54) is 18.2 Å². The van der Waals surface area contributed by atoms with E-state index in [-0.39, 0.29) is 17.6 Å². The highest BCUT2D eigenvalue weighted by atomic mass is 16.5. The monoisotopic (exact) mass is 268 g/mol. The maximum Gasteiger partial charge on any atom is 0.309 e. The van der Waals surface area contributed by atoms with E-state index in [2.05, 4.69) is 18.2 Å². The van der Waals surface area contributed by atoms with Gasteiger partial charge in [0.1, 0.15) is 5.75 Å². The van der Waals surface area contributed by atoms with E-state index in [1.54, 1.807) is 12.1 Å². The van der Waals surface area contributed by atoms with Gasteiger partial charge in [0.05, 0.1) is 13.0 Å². The third kappa shape index (κ3) is 2.27. The predicted octanol–water partition coefficient (Wildman–Crippen LogP) is 2.95. The van der Waals surface area contributed by atoms with Crippen molar-refractivity contribution >= 4 is 5.97 Å². The molecular weight excluding hydrogens is 252 g/mol. The Kier molecular flexibility index (Phi) is 3.18. The molecule has 0 bridgehead atoms. The van der Waals surface area contributed by atoms with Gasteiger partial charge in [0.25, 0.3) is 0 Å². The molecule has 102 valence electrons. The quantitative estimate of drug-likeness (QED) is 0.852. The van der Waals surface area contributed by atoms with Gasteiger partial charge in [-0.25, -0.2) is 0 Å². The third-order valence-corrected chi connectivity index (χ3v) is 3.87. The molecule has 2 aromatic carbocycles. The van der Waals surface area contributed by atoms with Gasteiger partial charge in [-0.1, -0.05) is 30.3 Å². The minimum atomic E-state index is -0.132. The van der Waals surface area contributed by atoms with Crippen LogP contribution < -0.4 is 0 Å². The minimum Gasteiger partial charge on any atom is -0.508 e. The molecule has 1 unspecified atom stereocenters. The molecule has 1 atom stereocenters. The Bertz CT molecular complexity index is 644. The van der Waals surface area contributed by atoms with Crippen molar-refractivity contribution in [1.82, 2.24) is 0 Å². The topological polar surface area (TPSA) is 46.5 Å². The summed E-state index contributed by atoms with van der Waals surface area (Å²) in [6.07, 6.45) is 1.51. The summed E-state index contributed by atoms with van der Waals surface area (Å²) in [6, 6.07) is 13.4. The summed E-state index contributed by atoms with van der Waals surface area (Å²) in [5.41, 5.74) is 4.61. The summed E-state index contributed by atoms with van der Waals surface area (Å²) >= 11 is 0. The lowest BCUT2D eigenvalue weighted by Gasteiger charge is -2.05. The molecule has 0 aromatic heterocycles. The van der Waals surface area contributed by atoms with E-state index in [4.69, 9.17) is 4.74 Å². The fourth-order valence-electron chi connectivity index (χ4n) is 2.78. The van der Waals surface area contributed by atoms with Crippen LogP contribution in [0.2, 0.25) is 0 Å². The molecule has 1 N–H and O–H groups in total. The molecule has 0 spiro atoms. The zero-order valence-electron chi connectivity index (χ0n) is 11.3. The molecule has 3 nitrogen and oxygen atoms in total. The number of methoxy groups -OCH3 is 1. The van der Waals surface area contributed by atoms with Crippen molar-refractivity contribution < 1.29 is 14.6 Å². The summed E-state index contributed by atoms with van der Waals surface area (Å²) in [5.74, 6) is 0.0816. The molecule has 0 aliphatic heterocycles. The standard InChI is InChI=1S/C17H16O3/c1-20-17(19)15-9-13-3-2-12(8-14(13)10-15)11-4-6-16(18)7-5-11/h2-8,15,18H,9-10H2,1H3. The van der Waals surface area contributed by atoms with Crippen molar-refractivity contribution in [3.05, 3.63) is 53.6 Å². The van der Waals surface area contributed by atoms with Crippen molar-refractivity contribution in [2.75, 3.05) is 7.11 Å². The zero-order chi connectivity index (χ0) is 14.1. The van der Waals surface area contributed by atoms with Crippen LogP contribution in [-0.4, -0.2) is 18.2 Å². The average molecular weight is 268 g/mol. The summed E-state index contributed by atoms with van der Waals surface area (Å²) in [6.45, 7) is 0. The first-order chi connectivity index (χ1) is 9.67. The Morgan fingerprint density at radius 1 is 1.05 bits per heavy atom. The number of ether oxygens (including phenoxy) is 1. The second kappa shape index (κ2) is 5.00. The van der Waals surface area contributed by atoms with Gasteiger partial charge < -0.3 is 9.84 Å². The van der Waals surface area contributed by atoms with Gasteiger partial charge in [-0.15, -0.1) is 0 Å². The van der Waals surface area contributed by atoms with Crippen molar-refractivity contribution in [2.24, 2.45) is 5.92 Å². The number of fused-ring (bicyclic) bond motifs is 1. The lowest BCUT2D eigenvalue weighted by atomic mass is 10.0. The summed E-state index contributed by atoms with van der Waals surface area (Å²) in [5, 5.41) is 9.33. The maximum absolute atomic E-state index is 11.6. The van der Waals surface area contributed by atoms with Crippen molar-refractivity contribution in [1.29, 1.82) is 0 Å². The highest BCUT2D eigenvalue weighted by Gasteiger charge is 2.28. The number of carbonyl (C=O) groups excluding carboxylic acids is 1. The van der Waals surface area contributed by atoms with Crippen molar-refractivity contribution in [2.45, 2.75) is 12.8 Å². The molecule has 0 saturated carbocycles. The Balaban J connectivity index is 1.89. The Labute approximate surface area is 117 Å². The first kappa shape index (κ1) is 12.7. The molecule has 20 heavy (non-hydrogen) atoms. The van der Waals surface area contributed by atoms with E-state index in [0.29, 0.717) is 0 Å². The second-order valence-corrected chi connectivity index (χ2v) is 5.16. The Hall–Kier alpha value is -2.29. The number of hydrogen-bond acceptors (Lipinski definition) is 3. The van der Waals surface area contributed by atoms with Crippen LogP contribution in [0.15, 0.2) is 42.5 Å². The largest absolute Gasteiger partial charge is 0.508 e. The third-order valence-electron chi connectivity index (χ3n) is 3.87. The van der Waals surface area contributed by atoms with Crippen LogP contribution >= 0.6 is 0 Å². The van der Waals surface area contributed by atoms with Crippen LogP contribution in [0.4, 0.5) is 0 Å². The van der Waals surface area contributed by atoms with E-state index >= 15 is 0 Å². The van der Waals surface area contributed by atoms with Gasteiger partial charge in [-0.3, -0.25) is 4.79 Å². The van der Waals surface area contributed by atoms with Crippen LogP contribution in [0.5, 0.6) is 5.75 Å². The molecule has 2 aromatic rings. The molecule has 1 aliphatic carbocycles. The normalized spacial score (nSPS) is 16.8. The number of phenols is 1. The first-order valence-corrected chi connectivity index (χ1v) is 6.66. The summed E-state index contributed by atoms with van der Waals surface area (Å²) in [7, 11) is 1.44. The molecule has 1 aliphatic rings. The van der Waals surface area contributed by atoms with Crippen LogP contribution in [0.1, 0.15) is 11.1 Å². The van der Waals surface area contributed by atoms with Gasteiger partial charge in [0.2, 0.25) is 0 Å². The lowest BCUT2D eigenvalue weighted by molar-refractivity contribution is -0.145. The Morgan fingerprint density at radius 3 is 2.40 bits per heavy atom. The molecule has 0 amide bonds. The summed E-state index contributed by atoms with van der Waals surface area (Å²) in [4.78, 5) is 11.6. The van der Waals surface area contributed by atoms with Crippen molar-refractivity contribution in [3.8, 4) is 16.9 Å². The van der Waals surface area contributed by atoms with E-state index in [1.807, 2.05) is 12.1 Å². The first-order valence-electron chi connectivity index (χ1n) is 6.66. The number of carbonyl (C=O) groups is 1. The molecule has 0 saturated heterocycles. The second-order valence-electron chi connectivity index (χ2n) is 5.16.